The second-order valence-corrected chi connectivity index (χ2v) is 3.46. The van der Waals surface area contributed by atoms with E-state index in [2.05, 4.69) is 11.8 Å². The van der Waals surface area contributed by atoms with Gasteiger partial charge in [0.1, 0.15) is 0 Å². The number of carboxylic acid groups (broad SMARTS) is 1. The van der Waals surface area contributed by atoms with E-state index >= 15 is 0 Å². The van der Waals surface area contributed by atoms with Gasteiger partial charge in [0.2, 0.25) is 0 Å². The largest absolute Gasteiger partial charge is 0.481 e. The van der Waals surface area contributed by atoms with E-state index in [-0.39, 0.29) is 12.6 Å². The number of allylic oxidation sites excluding steroid dienone is 1. The van der Waals surface area contributed by atoms with Gasteiger partial charge in [-0.2, -0.15) is 0 Å². The molecule has 74 valence electrons. The van der Waals surface area contributed by atoms with Crippen molar-refractivity contribution in [3.8, 4) is 0 Å². The molecule has 4 heteroatoms. The predicted molar refractivity (Wildman–Crippen MR) is 49.9 cm³/mol. The molecule has 0 aromatic carbocycles. The standard InChI is InChI=1S/C9H16N2O2/c1-6-8(5-9(12)13)11(4)7(2)10(6)3/h7H,5H2,1-4H3,(H,12,13). The minimum atomic E-state index is -0.774. The third-order valence-corrected chi connectivity index (χ3v) is 2.81. The van der Waals surface area contributed by atoms with Crippen molar-refractivity contribution in [3.05, 3.63) is 11.4 Å². The van der Waals surface area contributed by atoms with Gasteiger partial charge in [0.15, 0.2) is 0 Å². The minimum Gasteiger partial charge on any atom is -0.481 e. The number of carboxylic acids is 1. The number of rotatable bonds is 2. The topological polar surface area (TPSA) is 43.8 Å². The van der Waals surface area contributed by atoms with Gasteiger partial charge >= 0.3 is 5.97 Å². The third-order valence-electron chi connectivity index (χ3n) is 2.81. The van der Waals surface area contributed by atoms with Crippen LogP contribution in [0, 0.1) is 0 Å². The van der Waals surface area contributed by atoms with Crippen LogP contribution in [-0.4, -0.2) is 41.1 Å². The zero-order valence-electron chi connectivity index (χ0n) is 8.53. The van der Waals surface area contributed by atoms with Gasteiger partial charge in [-0.15, -0.1) is 0 Å². The second kappa shape index (κ2) is 3.28. The fraction of sp³-hybridized carbons (Fsp3) is 0.667. The Morgan fingerprint density at radius 1 is 1.46 bits per heavy atom. The van der Waals surface area contributed by atoms with Crippen LogP contribution in [0.1, 0.15) is 20.3 Å². The van der Waals surface area contributed by atoms with Gasteiger partial charge in [0, 0.05) is 25.5 Å². The maximum atomic E-state index is 10.6. The Balaban J connectivity index is 2.87. The van der Waals surface area contributed by atoms with Crippen molar-refractivity contribution in [2.75, 3.05) is 14.1 Å². The molecule has 1 N–H and O–H groups in total. The highest BCUT2D eigenvalue weighted by molar-refractivity contribution is 5.70. The Kier molecular flexibility index (Phi) is 2.50. The number of hydrogen-bond acceptors (Lipinski definition) is 3. The summed E-state index contributed by atoms with van der Waals surface area (Å²) in [5.74, 6) is -0.774. The lowest BCUT2D eigenvalue weighted by Crippen LogP contribution is -2.33. The van der Waals surface area contributed by atoms with Gasteiger partial charge in [0.05, 0.1) is 12.6 Å². The SMILES string of the molecule is CC1=C(CC(=O)O)N(C)C(C)N1C. The van der Waals surface area contributed by atoms with E-state index in [9.17, 15) is 4.79 Å². The molecule has 13 heavy (non-hydrogen) atoms. The molecule has 0 radical (unpaired) electrons. The molecule has 0 amide bonds. The first-order chi connectivity index (χ1) is 5.95. The van der Waals surface area contributed by atoms with Crippen molar-refractivity contribution in [2.45, 2.75) is 26.4 Å². The molecule has 1 unspecified atom stereocenters. The van der Waals surface area contributed by atoms with Crippen LogP contribution in [0.25, 0.3) is 0 Å². The van der Waals surface area contributed by atoms with Crippen LogP contribution >= 0.6 is 0 Å². The molecule has 0 bridgehead atoms. The highest BCUT2D eigenvalue weighted by Crippen LogP contribution is 2.27. The zero-order valence-corrected chi connectivity index (χ0v) is 8.53. The summed E-state index contributed by atoms with van der Waals surface area (Å²) >= 11 is 0. The van der Waals surface area contributed by atoms with Gasteiger partial charge < -0.3 is 14.9 Å². The van der Waals surface area contributed by atoms with E-state index in [0.717, 1.165) is 11.4 Å². The van der Waals surface area contributed by atoms with E-state index in [1.165, 1.54) is 0 Å². The summed E-state index contributed by atoms with van der Waals surface area (Å²) in [5, 5.41) is 8.70. The van der Waals surface area contributed by atoms with Crippen LogP contribution in [0.2, 0.25) is 0 Å². The minimum absolute atomic E-state index is 0.108. The Labute approximate surface area is 78.4 Å². The van der Waals surface area contributed by atoms with E-state index in [4.69, 9.17) is 5.11 Å². The molecule has 1 heterocycles. The lowest BCUT2D eigenvalue weighted by Gasteiger charge is -2.25. The van der Waals surface area contributed by atoms with Crippen molar-refractivity contribution < 1.29 is 9.90 Å². The highest BCUT2D eigenvalue weighted by Gasteiger charge is 2.28. The number of nitrogens with zero attached hydrogens (tertiary/aromatic N) is 2. The van der Waals surface area contributed by atoms with Gasteiger partial charge in [0.25, 0.3) is 0 Å². The Hall–Kier alpha value is -1.19. The maximum absolute atomic E-state index is 10.6. The monoisotopic (exact) mass is 184 g/mol. The van der Waals surface area contributed by atoms with Gasteiger partial charge in [-0.05, 0) is 13.8 Å². The molecule has 1 aliphatic heterocycles. The zero-order chi connectivity index (χ0) is 10.2. The van der Waals surface area contributed by atoms with Gasteiger partial charge in [-0.1, -0.05) is 0 Å². The average Bonchev–Trinajstić information content (AvgIpc) is 2.22. The summed E-state index contributed by atoms with van der Waals surface area (Å²) in [5.41, 5.74) is 1.96. The average molecular weight is 184 g/mol. The summed E-state index contributed by atoms with van der Waals surface area (Å²) in [6, 6.07) is 0. The summed E-state index contributed by atoms with van der Waals surface area (Å²) in [6.07, 6.45) is 0.367. The molecule has 0 spiro atoms. The molecule has 0 aliphatic carbocycles. The van der Waals surface area contributed by atoms with Crippen LogP contribution < -0.4 is 0 Å². The van der Waals surface area contributed by atoms with Crippen molar-refractivity contribution in [3.63, 3.8) is 0 Å². The molecular formula is C9H16N2O2. The summed E-state index contributed by atoms with van der Waals surface area (Å²) < 4.78 is 0. The quantitative estimate of drug-likeness (QED) is 0.693. The first-order valence-electron chi connectivity index (χ1n) is 4.32. The highest BCUT2D eigenvalue weighted by atomic mass is 16.4. The van der Waals surface area contributed by atoms with Crippen molar-refractivity contribution in [1.29, 1.82) is 0 Å². The van der Waals surface area contributed by atoms with E-state index in [1.54, 1.807) is 0 Å². The van der Waals surface area contributed by atoms with Crippen LogP contribution in [0.4, 0.5) is 0 Å². The first kappa shape index (κ1) is 9.89. The fourth-order valence-corrected chi connectivity index (χ4v) is 1.62. The smallest absolute Gasteiger partial charge is 0.309 e. The number of hydrogen-bond donors (Lipinski definition) is 1. The van der Waals surface area contributed by atoms with Gasteiger partial charge in [-0.25, -0.2) is 0 Å². The van der Waals surface area contributed by atoms with Crippen molar-refractivity contribution in [2.24, 2.45) is 0 Å². The lowest BCUT2D eigenvalue weighted by atomic mass is 10.2. The van der Waals surface area contributed by atoms with Crippen LogP contribution in [0.15, 0.2) is 11.4 Å². The Morgan fingerprint density at radius 2 is 2.00 bits per heavy atom. The molecule has 1 aliphatic rings. The Morgan fingerprint density at radius 3 is 2.31 bits per heavy atom. The first-order valence-corrected chi connectivity index (χ1v) is 4.32. The molecule has 4 nitrogen and oxygen atoms in total. The Bertz CT molecular complexity index is 260. The fourth-order valence-electron chi connectivity index (χ4n) is 1.62. The molecule has 0 saturated carbocycles. The van der Waals surface area contributed by atoms with Crippen molar-refractivity contribution in [1.82, 2.24) is 9.80 Å². The molecule has 0 aromatic rings. The van der Waals surface area contributed by atoms with Crippen molar-refractivity contribution >= 4 is 5.97 Å². The maximum Gasteiger partial charge on any atom is 0.309 e. The second-order valence-electron chi connectivity index (χ2n) is 3.46. The van der Waals surface area contributed by atoms with E-state index < -0.39 is 5.97 Å². The van der Waals surface area contributed by atoms with Crippen LogP contribution in [0.3, 0.4) is 0 Å². The molecule has 1 atom stereocenters. The van der Waals surface area contributed by atoms with E-state index in [0.29, 0.717) is 0 Å². The number of aliphatic carboxylic acids is 1. The third kappa shape index (κ3) is 1.61. The summed E-state index contributed by atoms with van der Waals surface area (Å²) in [4.78, 5) is 14.7. The molecule has 0 aromatic heterocycles. The van der Waals surface area contributed by atoms with Crippen LogP contribution in [-0.2, 0) is 4.79 Å². The molecule has 0 fully saturated rings. The summed E-state index contributed by atoms with van der Waals surface area (Å²) in [7, 11) is 3.90. The number of carbonyl (C=O) groups is 1. The van der Waals surface area contributed by atoms with Gasteiger partial charge in [-0.3, -0.25) is 4.79 Å². The summed E-state index contributed by atoms with van der Waals surface area (Å²) in [6.45, 7) is 4.01. The molecular weight excluding hydrogens is 168 g/mol. The van der Waals surface area contributed by atoms with E-state index in [1.807, 2.05) is 25.9 Å². The predicted octanol–water partition coefficient (Wildman–Crippen LogP) is 0.916. The molecule has 1 rings (SSSR count). The lowest BCUT2D eigenvalue weighted by molar-refractivity contribution is -0.136. The molecule has 0 saturated heterocycles. The normalized spacial score (nSPS) is 22.9. The van der Waals surface area contributed by atoms with Crippen LogP contribution in [0.5, 0.6) is 0 Å².